The molecule has 0 aromatic heterocycles. The molecule has 1 fully saturated rings. The fraction of sp³-hybridized carbons (Fsp3) is 0.105. The number of hydrogen-bond donors (Lipinski definition) is 1. The van der Waals surface area contributed by atoms with E-state index in [4.69, 9.17) is 9.47 Å². The molecule has 0 saturated carbocycles. The van der Waals surface area contributed by atoms with E-state index in [-0.39, 0.29) is 11.5 Å². The number of benzene rings is 2. The van der Waals surface area contributed by atoms with E-state index >= 15 is 0 Å². The molecule has 0 radical (unpaired) electrons. The van der Waals surface area contributed by atoms with E-state index in [0.29, 0.717) is 27.3 Å². The maximum Gasteiger partial charge on any atom is 0.264 e. The molecule has 2 aromatic carbocycles. The van der Waals surface area contributed by atoms with Crippen molar-refractivity contribution in [2.75, 3.05) is 14.2 Å². The lowest BCUT2D eigenvalue weighted by Crippen LogP contribution is -2.22. The van der Waals surface area contributed by atoms with Gasteiger partial charge in [0.15, 0.2) is 5.17 Å². The minimum atomic E-state index is -1.28. The summed E-state index contributed by atoms with van der Waals surface area (Å²) < 4.78 is 10.5. The van der Waals surface area contributed by atoms with Crippen LogP contribution in [-0.4, -0.2) is 31.3 Å². The van der Waals surface area contributed by atoms with Gasteiger partial charge in [-0.1, -0.05) is 12.1 Å². The molecule has 1 aliphatic rings. The van der Waals surface area contributed by atoms with Crippen LogP contribution in [0.2, 0.25) is 0 Å². The van der Waals surface area contributed by atoms with Crippen molar-refractivity contribution in [2.45, 2.75) is 0 Å². The van der Waals surface area contributed by atoms with E-state index in [2.05, 4.69) is 10.3 Å². The highest BCUT2D eigenvalue weighted by atomic mass is 32.2. The summed E-state index contributed by atoms with van der Waals surface area (Å²) in [5.74, 6) is -0.366. The average molecular weight is 383 g/mol. The van der Waals surface area contributed by atoms with Crippen LogP contribution in [0.15, 0.2) is 52.4 Å². The lowest BCUT2D eigenvalue weighted by atomic mass is 10.1. The number of amidine groups is 1. The number of rotatable bonds is 5. The zero-order valence-electron chi connectivity index (χ0n) is 14.5. The van der Waals surface area contributed by atoms with Crippen molar-refractivity contribution in [2.24, 2.45) is 4.99 Å². The summed E-state index contributed by atoms with van der Waals surface area (Å²) in [6.07, 6.45) is 1.69. The lowest BCUT2D eigenvalue weighted by molar-refractivity contribution is -0.255. The Kier molecular flexibility index (Phi) is 5.46. The number of carboxylic acids is 1. The highest BCUT2D eigenvalue weighted by Crippen LogP contribution is 2.32. The smallest absolute Gasteiger partial charge is 0.264 e. The number of amides is 1. The molecule has 0 aliphatic carbocycles. The van der Waals surface area contributed by atoms with Crippen LogP contribution in [0.1, 0.15) is 15.9 Å². The quantitative estimate of drug-likeness (QED) is 0.793. The first kappa shape index (κ1) is 18.5. The number of carbonyl (C=O) groups excluding carboxylic acids is 2. The molecule has 0 spiro atoms. The number of carbonyl (C=O) groups is 2. The van der Waals surface area contributed by atoms with Crippen molar-refractivity contribution in [1.82, 2.24) is 5.32 Å². The molecule has 0 bridgehead atoms. The maximum absolute atomic E-state index is 12.2. The van der Waals surface area contributed by atoms with Crippen LogP contribution >= 0.6 is 11.8 Å². The molecule has 0 atom stereocenters. The van der Waals surface area contributed by atoms with Crippen molar-refractivity contribution in [3.05, 3.63) is 58.5 Å². The first-order valence-corrected chi connectivity index (χ1v) is 8.65. The molecule has 27 heavy (non-hydrogen) atoms. The second-order valence-electron chi connectivity index (χ2n) is 5.43. The Morgan fingerprint density at radius 3 is 2.70 bits per heavy atom. The minimum Gasteiger partial charge on any atom is -0.545 e. The Bertz CT molecular complexity index is 968. The molecular weight excluding hydrogens is 368 g/mol. The second-order valence-corrected chi connectivity index (χ2v) is 6.46. The van der Waals surface area contributed by atoms with Crippen LogP contribution in [0, 0.1) is 0 Å². The lowest BCUT2D eigenvalue weighted by Gasteiger charge is -2.07. The van der Waals surface area contributed by atoms with Crippen molar-refractivity contribution in [3.8, 4) is 11.5 Å². The Labute approximate surface area is 159 Å². The Balaban J connectivity index is 1.86. The van der Waals surface area contributed by atoms with Gasteiger partial charge in [-0.05, 0) is 47.7 Å². The molecule has 2 aromatic rings. The van der Waals surface area contributed by atoms with Gasteiger partial charge in [0.2, 0.25) is 0 Å². The molecule has 1 amide bonds. The number of thioether (sulfide) groups is 1. The van der Waals surface area contributed by atoms with Gasteiger partial charge in [-0.25, -0.2) is 4.99 Å². The summed E-state index contributed by atoms with van der Waals surface area (Å²) in [4.78, 5) is 27.9. The monoisotopic (exact) mass is 383 g/mol. The maximum atomic E-state index is 12.2. The van der Waals surface area contributed by atoms with Gasteiger partial charge >= 0.3 is 0 Å². The normalized spacial score (nSPS) is 16.4. The third-order valence-corrected chi connectivity index (χ3v) is 4.60. The fourth-order valence-electron chi connectivity index (χ4n) is 2.38. The number of aliphatic imine (C=N–C) groups is 1. The zero-order valence-corrected chi connectivity index (χ0v) is 15.3. The third-order valence-electron chi connectivity index (χ3n) is 3.69. The van der Waals surface area contributed by atoms with Crippen LogP contribution < -0.4 is 19.9 Å². The molecule has 1 heterocycles. The van der Waals surface area contributed by atoms with Gasteiger partial charge in [0.25, 0.3) is 5.91 Å². The number of nitrogens with zero attached hydrogens (tertiary/aromatic N) is 1. The molecule has 0 unspecified atom stereocenters. The number of nitrogens with one attached hydrogen (secondary N) is 1. The van der Waals surface area contributed by atoms with Gasteiger partial charge in [0.1, 0.15) is 11.5 Å². The topological polar surface area (TPSA) is 100 Å². The molecule has 1 N–H and O–H groups in total. The van der Waals surface area contributed by atoms with E-state index in [0.717, 1.165) is 17.3 Å². The van der Waals surface area contributed by atoms with Gasteiger partial charge in [0.05, 0.1) is 30.8 Å². The predicted octanol–water partition coefficient (Wildman–Crippen LogP) is 1.96. The molecule has 3 rings (SSSR count). The van der Waals surface area contributed by atoms with E-state index in [1.165, 1.54) is 19.2 Å². The minimum absolute atomic E-state index is 0.0184. The Morgan fingerprint density at radius 1 is 1.19 bits per heavy atom. The first-order chi connectivity index (χ1) is 13.0. The van der Waals surface area contributed by atoms with Crippen molar-refractivity contribution in [3.63, 3.8) is 0 Å². The van der Waals surface area contributed by atoms with Gasteiger partial charge in [-0.15, -0.1) is 0 Å². The van der Waals surface area contributed by atoms with E-state index in [9.17, 15) is 14.7 Å². The highest BCUT2D eigenvalue weighted by molar-refractivity contribution is 8.18. The first-order valence-electron chi connectivity index (χ1n) is 7.83. The summed E-state index contributed by atoms with van der Waals surface area (Å²) in [5.41, 5.74) is 1.14. The largest absolute Gasteiger partial charge is 0.545 e. The van der Waals surface area contributed by atoms with Crippen molar-refractivity contribution >= 4 is 40.6 Å². The molecule has 7 nitrogen and oxygen atoms in total. The Hall–Kier alpha value is -3.26. The average Bonchev–Trinajstić information content (AvgIpc) is 3.01. The number of methoxy groups -OCH3 is 2. The van der Waals surface area contributed by atoms with Crippen LogP contribution in [0.4, 0.5) is 5.69 Å². The van der Waals surface area contributed by atoms with Crippen LogP contribution in [0.25, 0.3) is 6.08 Å². The number of hydrogen-bond acceptors (Lipinski definition) is 7. The second kappa shape index (κ2) is 7.96. The number of aromatic carboxylic acids is 1. The predicted molar refractivity (Wildman–Crippen MR) is 101 cm³/mol. The molecule has 138 valence electrons. The van der Waals surface area contributed by atoms with Crippen molar-refractivity contribution < 1.29 is 24.2 Å². The summed E-state index contributed by atoms with van der Waals surface area (Å²) in [6.45, 7) is 0. The number of carboxylic acid groups (broad SMARTS) is 1. The van der Waals surface area contributed by atoms with E-state index in [1.807, 2.05) is 0 Å². The van der Waals surface area contributed by atoms with Gasteiger partial charge < -0.3 is 24.7 Å². The summed E-state index contributed by atoms with van der Waals surface area (Å²) in [5, 5.41) is 14.0. The van der Waals surface area contributed by atoms with Crippen molar-refractivity contribution in [1.29, 1.82) is 0 Å². The SMILES string of the molecule is COc1ccc(/C=C2/SC(=Nc3cccc(C(=O)[O-])c3)NC2=O)c(OC)c1. The standard InChI is InChI=1S/C19H16N2O5S/c1-25-14-7-6-11(15(10-14)26-2)9-16-17(22)21-19(27-16)20-13-5-3-4-12(8-13)18(23)24/h3-10H,1-2H3,(H,23,24)(H,20,21,22)/p-1/b16-9+. The molecule has 1 aliphatic heterocycles. The number of ether oxygens (including phenoxy) is 2. The molecule has 1 saturated heterocycles. The molecular formula is C19H15N2O5S-. The van der Waals surface area contributed by atoms with E-state index in [1.54, 1.807) is 43.5 Å². The van der Waals surface area contributed by atoms with Crippen LogP contribution in [0.5, 0.6) is 11.5 Å². The third kappa shape index (κ3) is 4.29. The highest BCUT2D eigenvalue weighted by Gasteiger charge is 2.24. The van der Waals surface area contributed by atoms with E-state index < -0.39 is 5.97 Å². The fourth-order valence-corrected chi connectivity index (χ4v) is 3.21. The van der Waals surface area contributed by atoms with Crippen LogP contribution in [-0.2, 0) is 4.79 Å². The molecule has 8 heteroatoms. The summed E-state index contributed by atoms with van der Waals surface area (Å²) in [6, 6.07) is 11.3. The summed E-state index contributed by atoms with van der Waals surface area (Å²) in [7, 11) is 3.10. The van der Waals surface area contributed by atoms with Gasteiger partial charge in [-0.3, -0.25) is 4.79 Å². The van der Waals surface area contributed by atoms with Crippen LogP contribution in [0.3, 0.4) is 0 Å². The van der Waals surface area contributed by atoms with Gasteiger partial charge in [0, 0.05) is 11.6 Å². The Morgan fingerprint density at radius 2 is 2.00 bits per heavy atom. The summed E-state index contributed by atoms with van der Waals surface area (Å²) >= 11 is 1.15. The van der Waals surface area contributed by atoms with Gasteiger partial charge in [-0.2, -0.15) is 0 Å². The zero-order chi connectivity index (χ0) is 19.4.